The fourth-order valence-corrected chi connectivity index (χ4v) is 4.82. The Morgan fingerprint density at radius 2 is 1.82 bits per heavy atom. The maximum atomic E-state index is 13.9. The number of fused-ring (bicyclic) bond motifs is 1. The molecule has 2 heterocycles. The lowest BCUT2D eigenvalue weighted by Crippen LogP contribution is -2.11. The van der Waals surface area contributed by atoms with Gasteiger partial charge in [0.2, 0.25) is 0 Å². The van der Waals surface area contributed by atoms with Crippen molar-refractivity contribution >= 4 is 33.1 Å². The molecule has 28 heavy (non-hydrogen) atoms. The van der Waals surface area contributed by atoms with Gasteiger partial charge >= 0.3 is 5.97 Å². The minimum atomic E-state index is -3.28. The van der Waals surface area contributed by atoms with E-state index in [0.29, 0.717) is 0 Å². The molecular formula is C20H20FNO4S2. The summed E-state index contributed by atoms with van der Waals surface area (Å²) in [5.41, 5.74) is 2.36. The van der Waals surface area contributed by atoms with Crippen LogP contribution in [0.1, 0.15) is 24.0 Å². The molecule has 148 valence electrons. The first-order valence-corrected chi connectivity index (χ1v) is 11.2. The Balaban J connectivity index is 2.11. The van der Waals surface area contributed by atoms with Crippen molar-refractivity contribution in [2.24, 2.45) is 0 Å². The Kier molecular flexibility index (Phi) is 5.54. The zero-order chi connectivity index (χ0) is 20.6. The average Bonchev–Trinajstić information content (AvgIpc) is 2.91. The van der Waals surface area contributed by atoms with Crippen LogP contribution in [0.2, 0.25) is 0 Å². The summed E-state index contributed by atoms with van der Waals surface area (Å²) in [4.78, 5) is 13.1. The van der Waals surface area contributed by atoms with E-state index in [9.17, 15) is 17.6 Å². The van der Waals surface area contributed by atoms with E-state index < -0.39 is 21.6 Å². The lowest BCUT2D eigenvalue weighted by molar-refractivity contribution is -0.141. The minimum Gasteiger partial charge on any atom is -0.469 e. The monoisotopic (exact) mass is 421 g/mol. The molecule has 0 fully saturated rings. The number of nitrogens with zero attached hydrogens (tertiary/aromatic N) is 1. The molecule has 3 aromatic rings. The van der Waals surface area contributed by atoms with Crippen LogP contribution < -0.4 is 0 Å². The third kappa shape index (κ3) is 3.79. The normalized spacial score (nSPS) is 12.9. The van der Waals surface area contributed by atoms with Crippen LogP contribution in [-0.4, -0.2) is 32.2 Å². The van der Waals surface area contributed by atoms with Gasteiger partial charge in [-0.25, -0.2) is 12.8 Å². The molecule has 0 spiro atoms. The lowest BCUT2D eigenvalue weighted by atomic mass is 9.99. The van der Waals surface area contributed by atoms with Crippen molar-refractivity contribution in [3.8, 4) is 0 Å². The molecule has 2 aromatic heterocycles. The molecule has 0 bridgehead atoms. The summed E-state index contributed by atoms with van der Waals surface area (Å²) in [6, 6.07) is 9.51. The SMILES string of the molecule is COC(=O)C(C)c1c(C)c(Sc2ccc(S(C)(=O)=O)cc2)n2cc(F)ccc12. The quantitative estimate of drug-likeness (QED) is 0.577. The lowest BCUT2D eigenvalue weighted by Gasteiger charge is -2.10. The Labute approximate surface area is 167 Å². The van der Waals surface area contributed by atoms with Crippen LogP contribution in [-0.2, 0) is 19.4 Å². The number of hydrogen-bond donors (Lipinski definition) is 0. The Morgan fingerprint density at radius 1 is 1.18 bits per heavy atom. The number of ether oxygens (including phenoxy) is 1. The van der Waals surface area contributed by atoms with Crippen molar-refractivity contribution in [2.45, 2.75) is 34.6 Å². The zero-order valence-corrected chi connectivity index (χ0v) is 17.5. The van der Waals surface area contributed by atoms with Crippen LogP contribution in [0.3, 0.4) is 0 Å². The van der Waals surface area contributed by atoms with Crippen LogP contribution >= 0.6 is 11.8 Å². The summed E-state index contributed by atoms with van der Waals surface area (Å²) in [7, 11) is -1.94. The number of sulfone groups is 1. The smallest absolute Gasteiger partial charge is 0.312 e. The first-order chi connectivity index (χ1) is 13.1. The van der Waals surface area contributed by atoms with Crippen molar-refractivity contribution in [3.63, 3.8) is 0 Å². The van der Waals surface area contributed by atoms with Crippen LogP contribution in [0.15, 0.2) is 57.4 Å². The molecule has 5 nitrogen and oxygen atoms in total. The predicted octanol–water partition coefficient (Wildman–Crippen LogP) is 4.22. The number of pyridine rings is 1. The Bertz CT molecular complexity index is 1150. The standard InChI is InChI=1S/C20H20FNO4S2/c1-12-18(13(2)20(23)26-3)17-10-5-14(21)11-22(17)19(12)27-15-6-8-16(9-7-15)28(4,24)25/h5-11,13H,1-4H3. The molecule has 0 aliphatic rings. The van der Waals surface area contributed by atoms with Crippen LogP contribution in [0.5, 0.6) is 0 Å². The highest BCUT2D eigenvalue weighted by Gasteiger charge is 2.25. The van der Waals surface area contributed by atoms with E-state index in [1.165, 1.54) is 31.1 Å². The molecule has 0 radical (unpaired) electrons. The second kappa shape index (κ2) is 7.60. The van der Waals surface area contributed by atoms with Crippen molar-refractivity contribution in [2.75, 3.05) is 13.4 Å². The highest BCUT2D eigenvalue weighted by Crippen LogP contribution is 2.39. The number of esters is 1. The molecule has 0 aliphatic carbocycles. The van der Waals surface area contributed by atoms with Gasteiger partial charge < -0.3 is 9.14 Å². The van der Waals surface area contributed by atoms with Gasteiger partial charge in [-0.2, -0.15) is 0 Å². The minimum absolute atomic E-state index is 0.236. The number of rotatable bonds is 5. The number of aromatic nitrogens is 1. The predicted molar refractivity (Wildman–Crippen MR) is 106 cm³/mol. The average molecular weight is 422 g/mol. The van der Waals surface area contributed by atoms with Gasteiger partial charge in [0.15, 0.2) is 9.84 Å². The third-order valence-electron chi connectivity index (χ3n) is 4.59. The number of carbonyl (C=O) groups is 1. The highest BCUT2D eigenvalue weighted by atomic mass is 32.2. The van der Waals surface area contributed by atoms with Gasteiger partial charge in [0.25, 0.3) is 0 Å². The van der Waals surface area contributed by atoms with Crippen molar-refractivity contribution in [3.05, 3.63) is 59.5 Å². The molecule has 0 aliphatic heterocycles. The first kappa shape index (κ1) is 20.4. The summed E-state index contributed by atoms with van der Waals surface area (Å²) in [5, 5.41) is 0.757. The van der Waals surface area contributed by atoms with Crippen molar-refractivity contribution < 1.29 is 22.3 Å². The van der Waals surface area contributed by atoms with Crippen molar-refractivity contribution in [1.82, 2.24) is 4.40 Å². The van der Waals surface area contributed by atoms with Gasteiger partial charge in [0.05, 0.1) is 28.5 Å². The summed E-state index contributed by atoms with van der Waals surface area (Å²) >= 11 is 1.38. The topological polar surface area (TPSA) is 64.9 Å². The van der Waals surface area contributed by atoms with Gasteiger partial charge in [-0.05, 0) is 61.4 Å². The Morgan fingerprint density at radius 3 is 2.39 bits per heavy atom. The molecule has 8 heteroatoms. The number of carbonyl (C=O) groups excluding carboxylic acids is 1. The number of hydrogen-bond acceptors (Lipinski definition) is 5. The van der Waals surface area contributed by atoms with Gasteiger partial charge in [0, 0.05) is 17.3 Å². The molecule has 3 rings (SSSR count). The third-order valence-corrected chi connectivity index (χ3v) is 6.92. The first-order valence-electron chi connectivity index (χ1n) is 8.49. The Hall–Kier alpha value is -2.32. The van der Waals surface area contributed by atoms with E-state index in [1.807, 2.05) is 6.92 Å². The number of benzene rings is 1. The number of halogens is 1. The molecule has 0 N–H and O–H groups in total. The summed E-state index contributed by atoms with van der Waals surface area (Å²) in [6.07, 6.45) is 2.53. The summed E-state index contributed by atoms with van der Waals surface area (Å²) in [6.45, 7) is 3.64. The van der Waals surface area contributed by atoms with Gasteiger partial charge in [-0.3, -0.25) is 4.79 Å². The van der Waals surface area contributed by atoms with E-state index in [-0.39, 0.29) is 10.9 Å². The number of methoxy groups -OCH3 is 1. The van der Waals surface area contributed by atoms with Crippen molar-refractivity contribution in [1.29, 1.82) is 0 Å². The molecule has 0 saturated heterocycles. The molecule has 0 amide bonds. The maximum absolute atomic E-state index is 13.9. The van der Waals surface area contributed by atoms with Gasteiger partial charge in [0.1, 0.15) is 5.82 Å². The van der Waals surface area contributed by atoms with Crippen LogP contribution in [0.25, 0.3) is 5.52 Å². The van der Waals surface area contributed by atoms with Gasteiger partial charge in [-0.1, -0.05) is 11.8 Å². The second-order valence-electron chi connectivity index (χ2n) is 6.54. The van der Waals surface area contributed by atoms with E-state index in [2.05, 4.69) is 0 Å². The summed E-state index contributed by atoms with van der Waals surface area (Å²) < 4.78 is 43.8. The molecule has 0 saturated carbocycles. The van der Waals surface area contributed by atoms with Crippen LogP contribution in [0.4, 0.5) is 4.39 Å². The maximum Gasteiger partial charge on any atom is 0.312 e. The van der Waals surface area contributed by atoms with E-state index in [0.717, 1.165) is 32.8 Å². The largest absolute Gasteiger partial charge is 0.469 e. The molecular weight excluding hydrogens is 401 g/mol. The fraction of sp³-hybridized carbons (Fsp3) is 0.250. The fourth-order valence-electron chi connectivity index (χ4n) is 3.18. The van der Waals surface area contributed by atoms with E-state index >= 15 is 0 Å². The van der Waals surface area contributed by atoms with Crippen LogP contribution in [0, 0.1) is 12.7 Å². The molecule has 1 unspecified atom stereocenters. The van der Waals surface area contributed by atoms with E-state index in [1.54, 1.807) is 41.7 Å². The highest BCUT2D eigenvalue weighted by molar-refractivity contribution is 7.99. The molecule has 1 atom stereocenters. The zero-order valence-electron chi connectivity index (χ0n) is 15.9. The van der Waals surface area contributed by atoms with Gasteiger partial charge in [-0.15, -0.1) is 0 Å². The molecule has 1 aromatic carbocycles. The summed E-state index contributed by atoms with van der Waals surface area (Å²) in [5.74, 6) is -1.27. The van der Waals surface area contributed by atoms with E-state index in [4.69, 9.17) is 4.74 Å². The second-order valence-corrected chi connectivity index (χ2v) is 9.61.